The molecule has 1 fully saturated rings. The summed E-state index contributed by atoms with van der Waals surface area (Å²) in [7, 11) is 1.63. The maximum absolute atomic E-state index is 10.5. The second-order valence-electron chi connectivity index (χ2n) is 5.23. The lowest BCUT2D eigenvalue weighted by molar-refractivity contribution is -0.0889. The van der Waals surface area contributed by atoms with E-state index in [0.717, 1.165) is 31.6 Å². The Hall–Kier alpha value is -0.120. The van der Waals surface area contributed by atoms with Gasteiger partial charge in [0.25, 0.3) is 0 Å². The van der Waals surface area contributed by atoms with Crippen LogP contribution in [0, 0.1) is 5.92 Å². The highest BCUT2D eigenvalue weighted by Gasteiger charge is 2.45. The summed E-state index contributed by atoms with van der Waals surface area (Å²) in [4.78, 5) is 0. The van der Waals surface area contributed by atoms with Crippen LogP contribution in [0.5, 0.6) is 0 Å². The maximum Gasteiger partial charge on any atom is 0.0846 e. The lowest BCUT2D eigenvalue weighted by Crippen LogP contribution is -2.62. The molecule has 0 aromatic heterocycles. The van der Waals surface area contributed by atoms with Crippen LogP contribution in [0.4, 0.5) is 0 Å². The summed E-state index contributed by atoms with van der Waals surface area (Å²) < 4.78 is 5.09. The van der Waals surface area contributed by atoms with E-state index in [9.17, 15) is 5.11 Å². The second-order valence-corrected chi connectivity index (χ2v) is 5.23. The largest absolute Gasteiger partial charge is 0.388 e. The third-order valence-corrected chi connectivity index (χ3v) is 4.02. The van der Waals surface area contributed by atoms with Gasteiger partial charge in [0.15, 0.2) is 0 Å². The minimum Gasteiger partial charge on any atom is -0.388 e. The van der Waals surface area contributed by atoms with Crippen molar-refractivity contribution in [1.82, 2.24) is 0 Å². The fourth-order valence-corrected chi connectivity index (χ4v) is 2.57. The Kier molecular flexibility index (Phi) is 4.15. The van der Waals surface area contributed by atoms with Crippen LogP contribution >= 0.6 is 0 Å². The van der Waals surface area contributed by atoms with E-state index in [1.54, 1.807) is 7.11 Å². The molecule has 1 aliphatic carbocycles. The molecule has 1 saturated carbocycles. The topological polar surface area (TPSA) is 55.5 Å². The molecule has 1 rings (SSSR count). The van der Waals surface area contributed by atoms with E-state index in [1.165, 1.54) is 6.42 Å². The van der Waals surface area contributed by atoms with Gasteiger partial charge in [0.1, 0.15) is 0 Å². The molecule has 0 bridgehead atoms. The number of ether oxygens (including phenoxy) is 1. The highest BCUT2D eigenvalue weighted by Crippen LogP contribution is 2.39. The van der Waals surface area contributed by atoms with E-state index in [-0.39, 0.29) is 0 Å². The third-order valence-electron chi connectivity index (χ3n) is 4.02. The smallest absolute Gasteiger partial charge is 0.0846 e. The van der Waals surface area contributed by atoms with E-state index < -0.39 is 11.1 Å². The normalized spacial score (nSPS) is 36.2. The molecule has 0 aliphatic heterocycles. The highest BCUT2D eigenvalue weighted by molar-refractivity contribution is 5.02. The van der Waals surface area contributed by atoms with E-state index in [4.69, 9.17) is 10.5 Å². The van der Waals surface area contributed by atoms with Gasteiger partial charge in [-0.3, -0.25) is 0 Å². The number of nitrogens with two attached hydrogens (primary N) is 1. The molecule has 1 unspecified atom stereocenters. The average molecular weight is 215 g/mol. The van der Waals surface area contributed by atoms with Crippen LogP contribution in [0.3, 0.4) is 0 Å². The molecular weight excluding hydrogens is 190 g/mol. The summed E-state index contributed by atoms with van der Waals surface area (Å²) in [6, 6.07) is 0. The van der Waals surface area contributed by atoms with Gasteiger partial charge in [0.2, 0.25) is 0 Å². The van der Waals surface area contributed by atoms with Crippen molar-refractivity contribution in [3.05, 3.63) is 0 Å². The Balaban J connectivity index is 2.60. The zero-order chi connectivity index (χ0) is 11.5. The van der Waals surface area contributed by atoms with Gasteiger partial charge in [-0.25, -0.2) is 0 Å². The fourth-order valence-electron chi connectivity index (χ4n) is 2.57. The first-order valence-corrected chi connectivity index (χ1v) is 5.95. The molecule has 3 heteroatoms. The SMILES string of the molecule is CCC1CCC(O)(C(C)(N)COC)CC1. The van der Waals surface area contributed by atoms with Gasteiger partial charge >= 0.3 is 0 Å². The van der Waals surface area contributed by atoms with Crippen molar-refractivity contribution in [3.63, 3.8) is 0 Å². The summed E-state index contributed by atoms with van der Waals surface area (Å²) in [6.45, 7) is 4.52. The minimum atomic E-state index is -0.741. The minimum absolute atomic E-state index is 0.417. The van der Waals surface area contributed by atoms with Crippen LogP contribution in [0.2, 0.25) is 0 Å². The summed E-state index contributed by atoms with van der Waals surface area (Å²) in [5.74, 6) is 0.767. The van der Waals surface area contributed by atoms with E-state index in [2.05, 4.69) is 6.92 Å². The zero-order valence-electron chi connectivity index (χ0n) is 10.3. The summed E-state index contributed by atoms with van der Waals surface area (Å²) in [5.41, 5.74) is 4.78. The van der Waals surface area contributed by atoms with Crippen molar-refractivity contribution in [2.24, 2.45) is 11.7 Å². The van der Waals surface area contributed by atoms with Gasteiger partial charge in [0.05, 0.1) is 17.7 Å². The predicted octanol–water partition coefficient (Wildman–Crippen LogP) is 1.68. The van der Waals surface area contributed by atoms with Crippen molar-refractivity contribution >= 4 is 0 Å². The average Bonchev–Trinajstić information content (AvgIpc) is 2.19. The van der Waals surface area contributed by atoms with E-state index in [0.29, 0.717) is 6.61 Å². The van der Waals surface area contributed by atoms with Gasteiger partial charge in [-0.1, -0.05) is 13.3 Å². The third kappa shape index (κ3) is 2.71. The van der Waals surface area contributed by atoms with Crippen molar-refractivity contribution in [2.75, 3.05) is 13.7 Å². The molecule has 90 valence electrons. The molecule has 15 heavy (non-hydrogen) atoms. The molecule has 0 saturated heterocycles. The van der Waals surface area contributed by atoms with Crippen LogP contribution in [0.25, 0.3) is 0 Å². The Morgan fingerprint density at radius 1 is 1.47 bits per heavy atom. The standard InChI is InChI=1S/C12H25NO2/c1-4-10-5-7-12(14,8-6-10)11(2,13)9-15-3/h10,14H,4-9,13H2,1-3H3. The van der Waals surface area contributed by atoms with Crippen LogP contribution < -0.4 is 5.73 Å². The van der Waals surface area contributed by atoms with Crippen LogP contribution in [-0.4, -0.2) is 30.0 Å². The molecule has 0 aromatic rings. The second kappa shape index (κ2) is 4.81. The molecule has 0 aromatic carbocycles. The Labute approximate surface area is 93.0 Å². The molecular formula is C12H25NO2. The number of hydrogen-bond donors (Lipinski definition) is 2. The maximum atomic E-state index is 10.5. The number of rotatable bonds is 4. The Morgan fingerprint density at radius 2 is 2.00 bits per heavy atom. The number of methoxy groups -OCH3 is 1. The van der Waals surface area contributed by atoms with E-state index in [1.807, 2.05) is 6.92 Å². The van der Waals surface area contributed by atoms with Gasteiger partial charge in [-0.05, 0) is 38.5 Å². The first kappa shape index (κ1) is 12.9. The predicted molar refractivity (Wildman–Crippen MR) is 61.7 cm³/mol. The van der Waals surface area contributed by atoms with Gasteiger partial charge < -0.3 is 15.6 Å². The molecule has 3 N–H and O–H groups in total. The molecule has 3 nitrogen and oxygen atoms in total. The quantitative estimate of drug-likeness (QED) is 0.750. The Morgan fingerprint density at radius 3 is 2.40 bits per heavy atom. The molecule has 0 radical (unpaired) electrons. The summed E-state index contributed by atoms with van der Waals surface area (Å²) in [5, 5.41) is 10.5. The van der Waals surface area contributed by atoms with Gasteiger partial charge in [0, 0.05) is 7.11 Å². The van der Waals surface area contributed by atoms with Crippen LogP contribution in [0.15, 0.2) is 0 Å². The first-order chi connectivity index (χ1) is 6.95. The van der Waals surface area contributed by atoms with Crippen molar-refractivity contribution in [3.8, 4) is 0 Å². The monoisotopic (exact) mass is 215 g/mol. The van der Waals surface area contributed by atoms with Crippen molar-refractivity contribution < 1.29 is 9.84 Å². The van der Waals surface area contributed by atoms with Crippen molar-refractivity contribution in [2.45, 2.75) is 57.1 Å². The lowest BCUT2D eigenvalue weighted by atomic mass is 9.69. The number of aliphatic hydroxyl groups is 1. The molecule has 0 spiro atoms. The fraction of sp³-hybridized carbons (Fsp3) is 1.00. The summed E-state index contributed by atoms with van der Waals surface area (Å²) in [6.07, 6.45) is 5.00. The Bertz CT molecular complexity index is 196. The molecule has 1 atom stereocenters. The van der Waals surface area contributed by atoms with Crippen LogP contribution in [0.1, 0.15) is 46.0 Å². The molecule has 1 aliphatic rings. The molecule has 0 amide bonds. The highest BCUT2D eigenvalue weighted by atomic mass is 16.5. The first-order valence-electron chi connectivity index (χ1n) is 5.95. The zero-order valence-corrected chi connectivity index (χ0v) is 10.3. The summed E-state index contributed by atoms with van der Waals surface area (Å²) >= 11 is 0. The van der Waals surface area contributed by atoms with Gasteiger partial charge in [-0.15, -0.1) is 0 Å². The lowest BCUT2D eigenvalue weighted by Gasteiger charge is -2.46. The van der Waals surface area contributed by atoms with Crippen molar-refractivity contribution in [1.29, 1.82) is 0 Å². The molecule has 0 heterocycles. The van der Waals surface area contributed by atoms with Gasteiger partial charge in [-0.2, -0.15) is 0 Å². The van der Waals surface area contributed by atoms with Crippen LogP contribution in [-0.2, 0) is 4.74 Å². The number of hydrogen-bond acceptors (Lipinski definition) is 3. The van der Waals surface area contributed by atoms with E-state index >= 15 is 0 Å².